The quantitative estimate of drug-likeness (QED) is 0.103. The SMILES string of the molecule is CSCCNC(=O)c1ccc(-c2ccc(N(Cc3cncn3Cc3ccc(C#N)cc3)C(=O)c3ccc([N+](=O)[O-])cc3)cc2)o1. The number of imidazole rings is 1. The summed E-state index contributed by atoms with van der Waals surface area (Å²) >= 11 is 1.63. The van der Waals surface area contributed by atoms with Crippen molar-refractivity contribution in [1.29, 1.82) is 5.26 Å². The third-order valence-electron chi connectivity index (χ3n) is 7.01. The fourth-order valence-corrected chi connectivity index (χ4v) is 4.91. The lowest BCUT2D eigenvalue weighted by Gasteiger charge is -2.24. The van der Waals surface area contributed by atoms with E-state index >= 15 is 0 Å². The molecule has 0 aliphatic rings. The molecule has 11 nitrogen and oxygen atoms in total. The van der Waals surface area contributed by atoms with Crippen molar-refractivity contribution in [2.75, 3.05) is 23.5 Å². The van der Waals surface area contributed by atoms with E-state index in [0.717, 1.165) is 22.6 Å². The smallest absolute Gasteiger partial charge is 0.287 e. The van der Waals surface area contributed by atoms with E-state index in [2.05, 4.69) is 16.4 Å². The molecule has 0 saturated carbocycles. The van der Waals surface area contributed by atoms with Crippen molar-refractivity contribution in [3.63, 3.8) is 0 Å². The number of nitriles is 1. The molecule has 0 spiro atoms. The highest BCUT2D eigenvalue weighted by molar-refractivity contribution is 7.98. The van der Waals surface area contributed by atoms with E-state index in [1.807, 2.05) is 23.0 Å². The summed E-state index contributed by atoms with van der Waals surface area (Å²) in [6.45, 7) is 1.17. The average molecular weight is 621 g/mol. The molecule has 5 aromatic rings. The van der Waals surface area contributed by atoms with Crippen molar-refractivity contribution in [1.82, 2.24) is 14.9 Å². The van der Waals surface area contributed by atoms with Gasteiger partial charge in [0.05, 0.1) is 35.1 Å². The van der Waals surface area contributed by atoms with E-state index in [-0.39, 0.29) is 35.4 Å². The van der Waals surface area contributed by atoms with E-state index in [0.29, 0.717) is 30.1 Å². The Hall–Kier alpha value is -5.67. The number of hydrogen-bond acceptors (Lipinski definition) is 8. The van der Waals surface area contributed by atoms with Crippen LogP contribution in [0, 0.1) is 21.4 Å². The Morgan fingerprint density at radius 2 is 1.78 bits per heavy atom. The molecule has 2 amide bonds. The van der Waals surface area contributed by atoms with Crippen LogP contribution in [0.25, 0.3) is 11.3 Å². The second kappa shape index (κ2) is 14.2. The van der Waals surface area contributed by atoms with Gasteiger partial charge in [0.15, 0.2) is 5.76 Å². The number of aromatic nitrogens is 2. The molecule has 0 atom stereocenters. The summed E-state index contributed by atoms with van der Waals surface area (Å²) in [6.07, 6.45) is 5.33. The van der Waals surface area contributed by atoms with Gasteiger partial charge in [0, 0.05) is 54.0 Å². The molecule has 12 heteroatoms. The van der Waals surface area contributed by atoms with Crippen LogP contribution >= 0.6 is 11.8 Å². The number of rotatable bonds is 12. The van der Waals surface area contributed by atoms with E-state index in [4.69, 9.17) is 9.68 Å². The molecule has 0 radical (unpaired) electrons. The zero-order valence-corrected chi connectivity index (χ0v) is 25.1. The number of non-ortho nitro benzene ring substituents is 1. The number of nitro benzene ring substituents is 1. The fourth-order valence-electron chi connectivity index (χ4n) is 4.60. The summed E-state index contributed by atoms with van der Waals surface area (Å²) in [5.74, 6) is 0.868. The first kappa shape index (κ1) is 30.8. The molecule has 226 valence electrons. The van der Waals surface area contributed by atoms with Gasteiger partial charge in [-0.3, -0.25) is 19.7 Å². The first-order valence-electron chi connectivity index (χ1n) is 13.9. The first-order chi connectivity index (χ1) is 21.9. The predicted molar refractivity (Wildman–Crippen MR) is 171 cm³/mol. The Labute approximate surface area is 263 Å². The molecular formula is C33H28N6O5S. The van der Waals surface area contributed by atoms with E-state index < -0.39 is 4.92 Å². The van der Waals surface area contributed by atoms with Gasteiger partial charge in [-0.25, -0.2) is 4.98 Å². The number of nitrogens with one attached hydrogen (secondary N) is 1. The van der Waals surface area contributed by atoms with Crippen LogP contribution in [0.5, 0.6) is 0 Å². The van der Waals surface area contributed by atoms with Gasteiger partial charge < -0.3 is 19.2 Å². The Morgan fingerprint density at radius 3 is 2.44 bits per heavy atom. The number of anilines is 1. The standard InChI is InChI=1S/C33H28N6O5S/c1-45-17-16-36-32(40)31-15-14-30(44-31)25-6-10-27(11-7-25)38(33(41)26-8-12-28(13-9-26)39(42)43)21-29-19-35-22-37(29)20-24-4-2-23(18-34)3-5-24/h2-15,19,22H,16-17,20-21H2,1H3,(H,36,40). The topological polar surface area (TPSA) is 147 Å². The maximum Gasteiger partial charge on any atom is 0.287 e. The summed E-state index contributed by atoms with van der Waals surface area (Å²) in [6, 6.07) is 25.3. The normalized spacial score (nSPS) is 10.7. The van der Waals surface area contributed by atoms with Gasteiger partial charge >= 0.3 is 0 Å². The highest BCUT2D eigenvalue weighted by Gasteiger charge is 2.22. The molecule has 3 aromatic carbocycles. The minimum absolute atomic E-state index is 0.112. The second-order valence-corrected chi connectivity index (χ2v) is 11.0. The Kier molecular flexibility index (Phi) is 9.71. The van der Waals surface area contributed by atoms with Crippen LogP contribution in [0.1, 0.15) is 37.7 Å². The lowest BCUT2D eigenvalue weighted by atomic mass is 10.1. The number of nitrogens with zero attached hydrogens (tertiary/aromatic N) is 5. The summed E-state index contributed by atoms with van der Waals surface area (Å²) in [7, 11) is 0. The van der Waals surface area contributed by atoms with Crippen LogP contribution in [0.2, 0.25) is 0 Å². The third-order valence-corrected chi connectivity index (χ3v) is 7.62. The number of furan rings is 1. The van der Waals surface area contributed by atoms with Crippen molar-refractivity contribution in [3.8, 4) is 17.4 Å². The van der Waals surface area contributed by atoms with Crippen molar-refractivity contribution in [3.05, 3.63) is 136 Å². The van der Waals surface area contributed by atoms with Crippen molar-refractivity contribution in [2.45, 2.75) is 13.1 Å². The average Bonchev–Trinajstić information content (AvgIpc) is 3.74. The van der Waals surface area contributed by atoms with Gasteiger partial charge in [-0.1, -0.05) is 12.1 Å². The molecule has 0 aliphatic heterocycles. The highest BCUT2D eigenvalue weighted by Crippen LogP contribution is 2.28. The summed E-state index contributed by atoms with van der Waals surface area (Å²) in [4.78, 5) is 42.8. The Balaban J connectivity index is 1.41. The third kappa shape index (κ3) is 7.46. The molecular weight excluding hydrogens is 592 g/mol. The number of hydrogen-bond donors (Lipinski definition) is 1. The van der Waals surface area contributed by atoms with Crippen molar-refractivity contribution in [2.24, 2.45) is 0 Å². The lowest BCUT2D eigenvalue weighted by molar-refractivity contribution is -0.384. The minimum atomic E-state index is -0.513. The number of benzene rings is 3. The van der Waals surface area contributed by atoms with E-state index in [1.165, 1.54) is 24.3 Å². The predicted octanol–water partition coefficient (Wildman–Crippen LogP) is 5.91. The van der Waals surface area contributed by atoms with Gasteiger partial charge in [-0.2, -0.15) is 17.0 Å². The van der Waals surface area contributed by atoms with Crippen LogP contribution in [-0.2, 0) is 13.1 Å². The van der Waals surface area contributed by atoms with Crippen molar-refractivity contribution >= 4 is 35.0 Å². The molecule has 1 N–H and O–H groups in total. The van der Waals surface area contributed by atoms with Crippen molar-refractivity contribution < 1.29 is 18.9 Å². The summed E-state index contributed by atoms with van der Waals surface area (Å²) in [5.41, 5.74) is 3.74. The molecule has 0 bridgehead atoms. The second-order valence-electron chi connectivity index (χ2n) is 9.98. The Morgan fingerprint density at radius 1 is 1.04 bits per heavy atom. The molecule has 45 heavy (non-hydrogen) atoms. The van der Waals surface area contributed by atoms with Crippen LogP contribution in [0.4, 0.5) is 11.4 Å². The van der Waals surface area contributed by atoms with Gasteiger partial charge in [0.2, 0.25) is 0 Å². The number of carbonyl (C=O) groups excluding carboxylic acids is 2. The zero-order chi connectivity index (χ0) is 31.8. The van der Waals surface area contributed by atoms with E-state index in [1.54, 1.807) is 77.7 Å². The summed E-state index contributed by atoms with van der Waals surface area (Å²) < 4.78 is 7.72. The molecule has 0 saturated heterocycles. The zero-order valence-electron chi connectivity index (χ0n) is 24.3. The largest absolute Gasteiger partial charge is 0.451 e. The first-order valence-corrected chi connectivity index (χ1v) is 15.3. The maximum absolute atomic E-state index is 13.9. The summed E-state index contributed by atoms with van der Waals surface area (Å²) in [5, 5.41) is 23.1. The monoisotopic (exact) mass is 620 g/mol. The van der Waals surface area contributed by atoms with Gasteiger partial charge in [-0.05, 0) is 72.5 Å². The highest BCUT2D eigenvalue weighted by atomic mass is 32.2. The molecule has 5 rings (SSSR count). The van der Waals surface area contributed by atoms with E-state index in [9.17, 15) is 19.7 Å². The molecule has 0 fully saturated rings. The molecule has 0 unspecified atom stereocenters. The minimum Gasteiger partial charge on any atom is -0.451 e. The number of nitro groups is 1. The number of carbonyl (C=O) groups is 2. The Bertz CT molecular complexity index is 1840. The maximum atomic E-state index is 13.9. The van der Waals surface area contributed by atoms with Gasteiger partial charge in [0.1, 0.15) is 5.76 Å². The van der Waals surface area contributed by atoms with Crippen LogP contribution in [0.3, 0.4) is 0 Å². The van der Waals surface area contributed by atoms with Crippen LogP contribution in [-0.4, -0.2) is 44.8 Å². The molecule has 2 heterocycles. The molecule has 2 aromatic heterocycles. The van der Waals surface area contributed by atoms with Gasteiger partial charge in [0.25, 0.3) is 17.5 Å². The number of thioether (sulfide) groups is 1. The molecule has 0 aliphatic carbocycles. The van der Waals surface area contributed by atoms with Gasteiger partial charge in [-0.15, -0.1) is 0 Å². The fraction of sp³-hybridized carbons (Fsp3) is 0.152. The van der Waals surface area contributed by atoms with Crippen LogP contribution < -0.4 is 10.2 Å². The number of amides is 2. The van der Waals surface area contributed by atoms with Crippen LogP contribution in [0.15, 0.2) is 102 Å². The lowest BCUT2D eigenvalue weighted by Crippen LogP contribution is -2.31.